The van der Waals surface area contributed by atoms with Gasteiger partial charge in [-0.25, -0.2) is 0 Å². The molecule has 1 aliphatic carbocycles. The number of carbonyl (C=O) groups is 1. The third-order valence-corrected chi connectivity index (χ3v) is 3.52. The molecule has 0 aromatic heterocycles. The van der Waals surface area contributed by atoms with Crippen LogP contribution in [-0.4, -0.2) is 25.2 Å². The highest BCUT2D eigenvalue weighted by atomic mass is 16.5. The Labute approximate surface area is 115 Å². The fraction of sp³-hybridized carbons (Fsp3) is 0.562. The molecule has 1 fully saturated rings. The van der Waals surface area contributed by atoms with Crippen molar-refractivity contribution in [3.8, 4) is 0 Å². The zero-order chi connectivity index (χ0) is 13.5. The maximum absolute atomic E-state index is 11.5. The highest BCUT2D eigenvalue weighted by molar-refractivity contribution is 5.74. The van der Waals surface area contributed by atoms with E-state index in [4.69, 9.17) is 4.74 Å². The molecule has 0 spiro atoms. The molecule has 19 heavy (non-hydrogen) atoms. The van der Waals surface area contributed by atoms with Gasteiger partial charge in [0.25, 0.3) is 0 Å². The molecule has 0 aliphatic heterocycles. The van der Waals surface area contributed by atoms with Crippen LogP contribution in [0, 0.1) is 5.92 Å². The molecule has 104 valence electrons. The van der Waals surface area contributed by atoms with Gasteiger partial charge in [0, 0.05) is 6.04 Å². The van der Waals surface area contributed by atoms with Crippen molar-refractivity contribution in [2.45, 2.75) is 38.6 Å². The fourth-order valence-electron chi connectivity index (χ4n) is 2.01. The number of rotatable bonds is 8. The largest absolute Gasteiger partial charge is 0.464 e. The van der Waals surface area contributed by atoms with E-state index in [2.05, 4.69) is 36.5 Å². The van der Waals surface area contributed by atoms with E-state index in [1.165, 1.54) is 5.56 Å². The van der Waals surface area contributed by atoms with Gasteiger partial charge in [-0.1, -0.05) is 37.3 Å². The van der Waals surface area contributed by atoms with Crippen molar-refractivity contribution < 1.29 is 9.53 Å². The van der Waals surface area contributed by atoms with Crippen LogP contribution in [0.1, 0.15) is 31.7 Å². The Morgan fingerprint density at radius 2 is 2.11 bits per heavy atom. The summed E-state index contributed by atoms with van der Waals surface area (Å²) in [5.41, 5.74) is 1.33. The van der Waals surface area contributed by atoms with Gasteiger partial charge in [0.1, 0.15) is 6.61 Å². The first-order valence-corrected chi connectivity index (χ1v) is 7.23. The van der Waals surface area contributed by atoms with E-state index < -0.39 is 0 Å². The average molecular weight is 261 g/mol. The first kappa shape index (κ1) is 14.1. The number of benzene rings is 1. The number of hydrogen-bond donors (Lipinski definition) is 1. The van der Waals surface area contributed by atoms with E-state index in [1.807, 2.05) is 6.07 Å². The van der Waals surface area contributed by atoms with Crippen molar-refractivity contribution in [1.29, 1.82) is 0 Å². The molecule has 0 amide bonds. The van der Waals surface area contributed by atoms with Gasteiger partial charge in [0.15, 0.2) is 0 Å². The second-order valence-corrected chi connectivity index (χ2v) is 5.20. The maximum atomic E-state index is 11.5. The molecule has 0 heterocycles. The molecule has 1 aromatic rings. The summed E-state index contributed by atoms with van der Waals surface area (Å²) in [5, 5.41) is 3.46. The van der Waals surface area contributed by atoms with Crippen molar-refractivity contribution in [2.75, 3.05) is 13.2 Å². The fourth-order valence-corrected chi connectivity index (χ4v) is 2.01. The van der Waals surface area contributed by atoms with Crippen LogP contribution in [0.4, 0.5) is 0 Å². The molecule has 3 nitrogen and oxygen atoms in total. The normalized spacial score (nSPS) is 16.1. The lowest BCUT2D eigenvalue weighted by Gasteiger charge is -2.17. The molecule has 2 rings (SSSR count). The van der Waals surface area contributed by atoms with Gasteiger partial charge in [-0.05, 0) is 37.8 Å². The standard InChI is InChI=1S/C16H23NO2/c1-2-15(12-19-16(18)14-8-9-14)17-11-10-13-6-4-3-5-7-13/h3-7,14-15,17H,2,8-12H2,1H3. The Balaban J connectivity index is 1.63. The van der Waals surface area contributed by atoms with Crippen molar-refractivity contribution in [2.24, 2.45) is 5.92 Å². The monoisotopic (exact) mass is 261 g/mol. The molecule has 0 saturated heterocycles. The molecule has 1 unspecified atom stereocenters. The lowest BCUT2D eigenvalue weighted by molar-refractivity contribution is -0.145. The first-order chi connectivity index (χ1) is 9.29. The van der Waals surface area contributed by atoms with Gasteiger partial charge < -0.3 is 10.1 Å². The predicted octanol–water partition coefficient (Wildman–Crippen LogP) is 2.55. The highest BCUT2D eigenvalue weighted by Gasteiger charge is 2.31. The predicted molar refractivity (Wildman–Crippen MR) is 75.9 cm³/mol. The van der Waals surface area contributed by atoms with Crippen molar-refractivity contribution >= 4 is 5.97 Å². The summed E-state index contributed by atoms with van der Waals surface area (Å²) in [7, 11) is 0. The Hall–Kier alpha value is -1.35. The quantitative estimate of drug-likeness (QED) is 0.731. The smallest absolute Gasteiger partial charge is 0.308 e. The number of carbonyl (C=O) groups excluding carboxylic acids is 1. The summed E-state index contributed by atoms with van der Waals surface area (Å²) in [6, 6.07) is 10.7. The SMILES string of the molecule is CCC(COC(=O)C1CC1)NCCc1ccccc1. The molecule has 3 heteroatoms. The van der Waals surface area contributed by atoms with Gasteiger partial charge in [-0.3, -0.25) is 4.79 Å². The lowest BCUT2D eigenvalue weighted by atomic mass is 10.1. The Bertz CT molecular complexity index is 387. The van der Waals surface area contributed by atoms with E-state index in [0.717, 1.165) is 32.2 Å². The third-order valence-electron chi connectivity index (χ3n) is 3.52. The Morgan fingerprint density at radius 1 is 1.37 bits per heavy atom. The van der Waals surface area contributed by atoms with E-state index in [1.54, 1.807) is 0 Å². The van der Waals surface area contributed by atoms with Crippen LogP contribution in [0.25, 0.3) is 0 Å². The Morgan fingerprint density at radius 3 is 2.74 bits per heavy atom. The summed E-state index contributed by atoms with van der Waals surface area (Å²) >= 11 is 0. The van der Waals surface area contributed by atoms with Gasteiger partial charge >= 0.3 is 5.97 Å². The zero-order valence-electron chi connectivity index (χ0n) is 11.6. The summed E-state index contributed by atoms with van der Waals surface area (Å²) in [5.74, 6) is 0.185. The lowest BCUT2D eigenvalue weighted by Crippen LogP contribution is -2.35. The molecule has 1 aromatic carbocycles. The van der Waals surface area contributed by atoms with Gasteiger partial charge in [-0.15, -0.1) is 0 Å². The van der Waals surface area contributed by atoms with E-state index in [-0.39, 0.29) is 17.9 Å². The second-order valence-electron chi connectivity index (χ2n) is 5.20. The minimum absolute atomic E-state index is 0.0108. The van der Waals surface area contributed by atoms with Gasteiger partial charge in [-0.2, -0.15) is 0 Å². The summed E-state index contributed by atoms with van der Waals surface area (Å²) in [4.78, 5) is 11.5. The van der Waals surface area contributed by atoms with E-state index >= 15 is 0 Å². The molecule has 1 N–H and O–H groups in total. The van der Waals surface area contributed by atoms with Crippen LogP contribution in [-0.2, 0) is 16.0 Å². The summed E-state index contributed by atoms with van der Waals surface area (Å²) in [6.45, 7) is 3.54. The third kappa shape index (κ3) is 5.03. The van der Waals surface area contributed by atoms with Crippen LogP contribution in [0.5, 0.6) is 0 Å². The van der Waals surface area contributed by atoms with E-state index in [9.17, 15) is 4.79 Å². The van der Waals surface area contributed by atoms with Gasteiger partial charge in [0.2, 0.25) is 0 Å². The minimum Gasteiger partial charge on any atom is -0.464 e. The maximum Gasteiger partial charge on any atom is 0.308 e. The minimum atomic E-state index is -0.0108. The highest BCUT2D eigenvalue weighted by Crippen LogP contribution is 2.30. The first-order valence-electron chi connectivity index (χ1n) is 7.23. The number of nitrogens with one attached hydrogen (secondary N) is 1. The Kier molecular flexibility index (Phi) is 5.40. The number of hydrogen-bond acceptors (Lipinski definition) is 3. The molecule has 0 bridgehead atoms. The number of esters is 1. The van der Waals surface area contributed by atoms with Crippen LogP contribution < -0.4 is 5.32 Å². The molecular weight excluding hydrogens is 238 g/mol. The van der Waals surface area contributed by atoms with Crippen molar-refractivity contribution in [3.05, 3.63) is 35.9 Å². The molecule has 1 atom stereocenters. The van der Waals surface area contributed by atoms with Crippen LogP contribution >= 0.6 is 0 Å². The molecule has 1 saturated carbocycles. The molecule has 0 radical (unpaired) electrons. The summed E-state index contributed by atoms with van der Waals surface area (Å²) < 4.78 is 5.32. The van der Waals surface area contributed by atoms with Gasteiger partial charge in [0.05, 0.1) is 5.92 Å². The van der Waals surface area contributed by atoms with Crippen molar-refractivity contribution in [3.63, 3.8) is 0 Å². The second kappa shape index (κ2) is 7.29. The number of ether oxygens (including phenoxy) is 1. The zero-order valence-corrected chi connectivity index (χ0v) is 11.6. The molecule has 1 aliphatic rings. The van der Waals surface area contributed by atoms with Crippen molar-refractivity contribution in [1.82, 2.24) is 5.32 Å². The van der Waals surface area contributed by atoms with Crippen LogP contribution in [0.15, 0.2) is 30.3 Å². The van der Waals surface area contributed by atoms with Crippen LogP contribution in [0.2, 0.25) is 0 Å². The molecular formula is C16H23NO2. The topological polar surface area (TPSA) is 38.3 Å². The van der Waals surface area contributed by atoms with Crippen LogP contribution in [0.3, 0.4) is 0 Å². The van der Waals surface area contributed by atoms with E-state index in [0.29, 0.717) is 6.61 Å². The average Bonchev–Trinajstić information content (AvgIpc) is 3.28. The summed E-state index contributed by atoms with van der Waals surface area (Å²) in [6.07, 6.45) is 4.01.